The molecule has 0 radical (unpaired) electrons. The van der Waals surface area contributed by atoms with Crippen LogP contribution in [0.15, 0.2) is 51.4 Å². The van der Waals surface area contributed by atoms with Crippen LogP contribution >= 0.6 is 31.9 Å². The molecule has 2 aromatic carbocycles. The second-order valence-corrected chi connectivity index (χ2v) is 6.87. The van der Waals surface area contributed by atoms with E-state index >= 15 is 0 Å². The van der Waals surface area contributed by atoms with Gasteiger partial charge in [0.1, 0.15) is 5.75 Å². The fraction of sp³-hybridized carbons (Fsp3) is 0.294. The molecule has 4 heteroatoms. The lowest BCUT2D eigenvalue weighted by molar-refractivity contribution is 0.224. The van der Waals surface area contributed by atoms with Crippen LogP contribution in [-0.2, 0) is 12.8 Å². The molecular formula is C17H18Br2O2. The van der Waals surface area contributed by atoms with Gasteiger partial charge in [0, 0.05) is 15.6 Å². The van der Waals surface area contributed by atoms with Crippen molar-refractivity contribution in [2.24, 2.45) is 5.92 Å². The third kappa shape index (κ3) is 4.83. The zero-order valence-electron chi connectivity index (χ0n) is 11.9. The van der Waals surface area contributed by atoms with Gasteiger partial charge in [-0.15, -0.1) is 0 Å². The summed E-state index contributed by atoms with van der Waals surface area (Å²) in [5.41, 5.74) is 2.33. The molecule has 2 rings (SSSR count). The van der Waals surface area contributed by atoms with Crippen molar-refractivity contribution in [2.45, 2.75) is 12.8 Å². The highest BCUT2D eigenvalue weighted by atomic mass is 79.9. The summed E-state index contributed by atoms with van der Waals surface area (Å²) in [6.45, 7) is 0.155. The number of aliphatic hydroxyl groups excluding tert-OH is 1. The minimum absolute atomic E-state index is 0.155. The molecule has 1 atom stereocenters. The molecule has 112 valence electrons. The van der Waals surface area contributed by atoms with E-state index in [1.54, 1.807) is 7.11 Å². The third-order valence-corrected chi connectivity index (χ3v) is 4.41. The summed E-state index contributed by atoms with van der Waals surface area (Å²) >= 11 is 6.97. The van der Waals surface area contributed by atoms with Crippen LogP contribution in [0.2, 0.25) is 0 Å². The summed E-state index contributed by atoms with van der Waals surface area (Å²) in [5, 5.41) is 9.69. The average molecular weight is 414 g/mol. The molecule has 0 saturated heterocycles. The molecule has 0 fully saturated rings. The van der Waals surface area contributed by atoms with Crippen LogP contribution in [0.5, 0.6) is 5.75 Å². The highest BCUT2D eigenvalue weighted by molar-refractivity contribution is 9.10. The minimum atomic E-state index is 0.155. The maximum atomic E-state index is 9.69. The predicted octanol–water partition coefficient (Wildman–Crippen LogP) is 4.61. The van der Waals surface area contributed by atoms with Crippen LogP contribution in [-0.4, -0.2) is 18.8 Å². The van der Waals surface area contributed by atoms with Crippen molar-refractivity contribution in [2.75, 3.05) is 13.7 Å². The maximum Gasteiger partial charge on any atom is 0.122 e. The lowest BCUT2D eigenvalue weighted by atomic mass is 9.93. The van der Waals surface area contributed by atoms with E-state index in [4.69, 9.17) is 4.74 Å². The predicted molar refractivity (Wildman–Crippen MR) is 92.8 cm³/mol. The van der Waals surface area contributed by atoms with Crippen molar-refractivity contribution < 1.29 is 9.84 Å². The summed E-state index contributed by atoms with van der Waals surface area (Å²) in [5.74, 6) is 1.04. The first-order valence-corrected chi connectivity index (χ1v) is 8.38. The van der Waals surface area contributed by atoms with Gasteiger partial charge in [-0.2, -0.15) is 0 Å². The van der Waals surface area contributed by atoms with Gasteiger partial charge in [0.25, 0.3) is 0 Å². The van der Waals surface area contributed by atoms with Crippen LogP contribution in [0.1, 0.15) is 11.1 Å². The zero-order valence-corrected chi connectivity index (χ0v) is 15.0. The number of hydrogen-bond acceptors (Lipinski definition) is 2. The summed E-state index contributed by atoms with van der Waals surface area (Å²) in [6, 6.07) is 14.2. The van der Waals surface area contributed by atoms with Crippen LogP contribution in [0.4, 0.5) is 0 Å². The molecule has 0 aliphatic heterocycles. The van der Waals surface area contributed by atoms with E-state index in [1.807, 2.05) is 24.3 Å². The number of halogens is 2. The van der Waals surface area contributed by atoms with Crippen molar-refractivity contribution in [3.8, 4) is 5.75 Å². The van der Waals surface area contributed by atoms with E-state index in [-0.39, 0.29) is 12.5 Å². The first-order chi connectivity index (χ1) is 10.1. The topological polar surface area (TPSA) is 29.5 Å². The SMILES string of the molecule is COc1ccc(Br)cc1CC(CO)Cc1cccc(Br)c1. The molecule has 0 saturated carbocycles. The van der Waals surface area contributed by atoms with Gasteiger partial charge in [0.2, 0.25) is 0 Å². The molecule has 0 amide bonds. The second-order valence-electron chi connectivity index (χ2n) is 5.04. The van der Waals surface area contributed by atoms with Gasteiger partial charge in [0.15, 0.2) is 0 Å². The van der Waals surface area contributed by atoms with Gasteiger partial charge in [-0.3, -0.25) is 0 Å². The molecule has 0 bridgehead atoms. The number of ether oxygens (including phenoxy) is 1. The molecule has 0 heterocycles. The first-order valence-electron chi connectivity index (χ1n) is 6.80. The largest absolute Gasteiger partial charge is 0.496 e. The zero-order chi connectivity index (χ0) is 15.2. The Morgan fingerprint density at radius 1 is 1.05 bits per heavy atom. The highest BCUT2D eigenvalue weighted by Crippen LogP contribution is 2.27. The maximum absolute atomic E-state index is 9.69. The summed E-state index contributed by atoms with van der Waals surface area (Å²) in [7, 11) is 1.68. The van der Waals surface area contributed by atoms with Crippen LogP contribution in [0, 0.1) is 5.92 Å². The second kappa shape index (κ2) is 7.97. The van der Waals surface area contributed by atoms with Crippen molar-refractivity contribution in [1.82, 2.24) is 0 Å². The van der Waals surface area contributed by atoms with E-state index in [2.05, 4.69) is 50.1 Å². The average Bonchev–Trinajstić information content (AvgIpc) is 2.47. The Morgan fingerprint density at radius 2 is 1.81 bits per heavy atom. The molecule has 21 heavy (non-hydrogen) atoms. The lowest BCUT2D eigenvalue weighted by Crippen LogP contribution is -2.13. The number of rotatable bonds is 6. The van der Waals surface area contributed by atoms with Crippen molar-refractivity contribution in [3.05, 3.63) is 62.5 Å². The van der Waals surface area contributed by atoms with E-state index in [9.17, 15) is 5.11 Å². The summed E-state index contributed by atoms with van der Waals surface area (Å²) in [6.07, 6.45) is 1.62. The Balaban J connectivity index is 2.14. The van der Waals surface area contributed by atoms with E-state index in [0.717, 1.165) is 33.1 Å². The van der Waals surface area contributed by atoms with E-state index in [0.29, 0.717) is 0 Å². The minimum Gasteiger partial charge on any atom is -0.496 e. The molecule has 0 aliphatic rings. The molecule has 2 nitrogen and oxygen atoms in total. The van der Waals surface area contributed by atoms with Gasteiger partial charge < -0.3 is 9.84 Å². The van der Waals surface area contributed by atoms with E-state index < -0.39 is 0 Å². The van der Waals surface area contributed by atoms with Crippen molar-refractivity contribution in [1.29, 1.82) is 0 Å². The number of methoxy groups -OCH3 is 1. The Kier molecular flexibility index (Phi) is 6.27. The lowest BCUT2D eigenvalue weighted by Gasteiger charge is -2.17. The van der Waals surface area contributed by atoms with Crippen LogP contribution in [0.3, 0.4) is 0 Å². The van der Waals surface area contributed by atoms with E-state index in [1.165, 1.54) is 5.56 Å². The number of hydrogen-bond donors (Lipinski definition) is 1. The summed E-state index contributed by atoms with van der Waals surface area (Å²) in [4.78, 5) is 0. The molecular weight excluding hydrogens is 396 g/mol. The standard InChI is InChI=1S/C17H18Br2O2/c1-21-17-6-5-16(19)10-14(17)8-13(11-20)7-12-3-2-4-15(18)9-12/h2-6,9-10,13,20H,7-8,11H2,1H3. The molecule has 1 unspecified atom stereocenters. The molecule has 0 aromatic heterocycles. The van der Waals surface area contributed by atoms with Gasteiger partial charge >= 0.3 is 0 Å². The van der Waals surface area contributed by atoms with Gasteiger partial charge in [-0.05, 0) is 60.2 Å². The Labute approximate surface area is 142 Å². The first kappa shape index (κ1) is 16.5. The Hall–Kier alpha value is -0.840. The van der Waals surface area contributed by atoms with Crippen molar-refractivity contribution in [3.63, 3.8) is 0 Å². The molecule has 2 aromatic rings. The smallest absolute Gasteiger partial charge is 0.122 e. The quantitative estimate of drug-likeness (QED) is 0.748. The molecule has 0 spiro atoms. The normalized spacial score (nSPS) is 12.2. The highest BCUT2D eigenvalue weighted by Gasteiger charge is 2.13. The van der Waals surface area contributed by atoms with Crippen LogP contribution in [0.25, 0.3) is 0 Å². The molecule has 0 aliphatic carbocycles. The monoisotopic (exact) mass is 412 g/mol. The fourth-order valence-corrected chi connectivity index (χ4v) is 3.27. The fourth-order valence-electron chi connectivity index (χ4n) is 2.42. The third-order valence-electron chi connectivity index (χ3n) is 3.42. The molecule has 1 N–H and O–H groups in total. The Bertz CT molecular complexity index is 599. The van der Waals surface area contributed by atoms with Crippen LogP contribution < -0.4 is 4.74 Å². The number of benzene rings is 2. The Morgan fingerprint density at radius 3 is 2.48 bits per heavy atom. The van der Waals surface area contributed by atoms with Gasteiger partial charge in [-0.25, -0.2) is 0 Å². The van der Waals surface area contributed by atoms with Gasteiger partial charge in [0.05, 0.1) is 7.11 Å². The van der Waals surface area contributed by atoms with Crippen molar-refractivity contribution >= 4 is 31.9 Å². The van der Waals surface area contributed by atoms with Gasteiger partial charge in [-0.1, -0.05) is 44.0 Å². The number of aliphatic hydroxyl groups is 1. The summed E-state index contributed by atoms with van der Waals surface area (Å²) < 4.78 is 7.50.